The van der Waals surface area contributed by atoms with Crippen molar-refractivity contribution in [3.8, 4) is 0 Å². The van der Waals surface area contributed by atoms with Crippen LogP contribution in [0.5, 0.6) is 0 Å². The van der Waals surface area contributed by atoms with Crippen LogP contribution in [0.15, 0.2) is 53.4 Å². The molecule has 24 heavy (non-hydrogen) atoms. The molecule has 0 spiro atoms. The van der Waals surface area contributed by atoms with E-state index < -0.39 is 0 Å². The molecule has 1 aromatic heterocycles. The Bertz CT molecular complexity index is 669. The molecule has 2 heterocycles. The van der Waals surface area contributed by atoms with Crippen molar-refractivity contribution in [3.63, 3.8) is 0 Å². The van der Waals surface area contributed by atoms with Crippen LogP contribution in [0.1, 0.15) is 25.6 Å². The third-order valence-corrected chi connectivity index (χ3v) is 3.18. The Morgan fingerprint density at radius 1 is 1.42 bits per heavy atom. The van der Waals surface area contributed by atoms with E-state index in [0.29, 0.717) is 42.9 Å². The van der Waals surface area contributed by atoms with Gasteiger partial charge in [-0.25, -0.2) is 0 Å². The first-order valence-corrected chi connectivity index (χ1v) is 7.98. The average Bonchev–Trinajstić information content (AvgIpc) is 3.10. The second-order valence-corrected chi connectivity index (χ2v) is 4.80. The summed E-state index contributed by atoms with van der Waals surface area (Å²) in [6, 6.07) is 0. The molecule has 1 N–H and O–H groups in total. The molecule has 128 valence electrons. The maximum absolute atomic E-state index is 5.71. The van der Waals surface area contributed by atoms with E-state index in [1.807, 2.05) is 38.3 Å². The average molecular weight is 329 g/mol. The Morgan fingerprint density at radius 2 is 2.29 bits per heavy atom. The van der Waals surface area contributed by atoms with Gasteiger partial charge < -0.3 is 19.3 Å². The number of hydrogen-bond acceptors (Lipinski definition) is 6. The summed E-state index contributed by atoms with van der Waals surface area (Å²) in [7, 11) is 0. The van der Waals surface area contributed by atoms with Crippen molar-refractivity contribution in [2.24, 2.45) is 0 Å². The normalized spacial score (nSPS) is 15.0. The highest BCUT2D eigenvalue weighted by atomic mass is 16.5. The molecule has 6 nitrogen and oxygen atoms in total. The van der Waals surface area contributed by atoms with Crippen molar-refractivity contribution in [3.05, 3.63) is 60.6 Å². The number of nitrogens with zero attached hydrogens (tertiary/aromatic N) is 2. The fourth-order valence-corrected chi connectivity index (χ4v) is 2.10. The summed E-state index contributed by atoms with van der Waals surface area (Å²) in [6.45, 7) is 9.96. The predicted octanol–water partition coefficient (Wildman–Crippen LogP) is 3.10. The standard InChI is InChI=1S/C18H23N3O3/c1-4-7-15(16(23-6-3)10-13-22-5-2)18-20-17(21-24-18)14-8-11-19-12-9-14/h4,7-11,19H,1,5-6,12-13H2,2-3H3/b15-7+,16-10+. The van der Waals surface area contributed by atoms with Crippen molar-refractivity contribution in [2.75, 3.05) is 26.4 Å². The molecule has 0 bridgehead atoms. The molecule has 0 saturated heterocycles. The lowest BCUT2D eigenvalue weighted by Crippen LogP contribution is -2.08. The van der Waals surface area contributed by atoms with Crippen LogP contribution in [0.4, 0.5) is 0 Å². The fraction of sp³-hybridized carbons (Fsp3) is 0.333. The van der Waals surface area contributed by atoms with E-state index in [1.165, 1.54) is 0 Å². The van der Waals surface area contributed by atoms with E-state index in [0.717, 1.165) is 12.1 Å². The lowest BCUT2D eigenvalue weighted by Gasteiger charge is -2.10. The topological polar surface area (TPSA) is 69.4 Å². The van der Waals surface area contributed by atoms with Crippen LogP contribution < -0.4 is 5.32 Å². The van der Waals surface area contributed by atoms with Gasteiger partial charge >= 0.3 is 0 Å². The molecule has 0 atom stereocenters. The summed E-state index contributed by atoms with van der Waals surface area (Å²) in [5.74, 6) is 1.56. The first-order chi connectivity index (χ1) is 11.8. The van der Waals surface area contributed by atoms with Crippen LogP contribution in [0.2, 0.25) is 0 Å². The summed E-state index contributed by atoms with van der Waals surface area (Å²) in [6.07, 6.45) is 11.1. The summed E-state index contributed by atoms with van der Waals surface area (Å²) in [4.78, 5) is 4.48. The van der Waals surface area contributed by atoms with Gasteiger partial charge in [0.1, 0.15) is 5.76 Å². The Morgan fingerprint density at radius 3 is 2.96 bits per heavy atom. The minimum Gasteiger partial charge on any atom is -0.493 e. The van der Waals surface area contributed by atoms with E-state index in [4.69, 9.17) is 14.0 Å². The Kier molecular flexibility index (Phi) is 7.04. The van der Waals surface area contributed by atoms with Crippen LogP contribution in [0, 0.1) is 0 Å². The summed E-state index contributed by atoms with van der Waals surface area (Å²) in [5, 5.41) is 7.15. The summed E-state index contributed by atoms with van der Waals surface area (Å²) >= 11 is 0. The van der Waals surface area contributed by atoms with E-state index in [2.05, 4.69) is 22.0 Å². The molecule has 1 aliphatic heterocycles. The third kappa shape index (κ3) is 4.70. The first kappa shape index (κ1) is 17.7. The second-order valence-electron chi connectivity index (χ2n) is 4.80. The zero-order chi connectivity index (χ0) is 17.2. The van der Waals surface area contributed by atoms with Gasteiger partial charge in [0.25, 0.3) is 5.89 Å². The Hall–Kier alpha value is -2.60. The highest BCUT2D eigenvalue weighted by Gasteiger charge is 2.18. The van der Waals surface area contributed by atoms with E-state index in [1.54, 1.807) is 12.2 Å². The van der Waals surface area contributed by atoms with Gasteiger partial charge in [0.2, 0.25) is 5.82 Å². The van der Waals surface area contributed by atoms with Crippen LogP contribution in [0.3, 0.4) is 0 Å². The Balaban J connectivity index is 2.29. The van der Waals surface area contributed by atoms with Gasteiger partial charge in [-0.3, -0.25) is 0 Å². The minimum absolute atomic E-state index is 0.383. The van der Waals surface area contributed by atoms with Gasteiger partial charge in [0.15, 0.2) is 0 Å². The maximum atomic E-state index is 5.71. The molecule has 1 aliphatic rings. The lowest BCUT2D eigenvalue weighted by atomic mass is 10.1. The van der Waals surface area contributed by atoms with Gasteiger partial charge in [0.05, 0.1) is 18.8 Å². The van der Waals surface area contributed by atoms with E-state index >= 15 is 0 Å². The molecular weight excluding hydrogens is 306 g/mol. The van der Waals surface area contributed by atoms with E-state index in [9.17, 15) is 0 Å². The van der Waals surface area contributed by atoms with Crippen molar-refractivity contribution >= 4 is 11.1 Å². The minimum atomic E-state index is 0.383. The van der Waals surface area contributed by atoms with Gasteiger partial charge in [-0.2, -0.15) is 4.98 Å². The quantitative estimate of drug-likeness (QED) is 0.426. The van der Waals surface area contributed by atoms with Crippen molar-refractivity contribution in [1.82, 2.24) is 15.5 Å². The maximum Gasteiger partial charge on any atom is 0.261 e. The molecule has 0 saturated carbocycles. The van der Waals surface area contributed by atoms with Crippen molar-refractivity contribution < 1.29 is 14.0 Å². The monoisotopic (exact) mass is 329 g/mol. The number of allylic oxidation sites excluding steroid dienone is 5. The van der Waals surface area contributed by atoms with Crippen LogP contribution in [-0.2, 0) is 9.47 Å². The smallest absolute Gasteiger partial charge is 0.261 e. The van der Waals surface area contributed by atoms with Crippen molar-refractivity contribution in [2.45, 2.75) is 13.8 Å². The molecule has 0 radical (unpaired) electrons. The third-order valence-electron chi connectivity index (χ3n) is 3.18. The highest BCUT2D eigenvalue weighted by Crippen LogP contribution is 2.25. The first-order valence-electron chi connectivity index (χ1n) is 7.98. The zero-order valence-electron chi connectivity index (χ0n) is 14.1. The SMILES string of the molecule is C=C/C=C(\C(=C/COCC)OCC)c1nc(C2=CCNC=C2)no1. The number of aromatic nitrogens is 2. The highest BCUT2D eigenvalue weighted by molar-refractivity contribution is 5.75. The molecule has 2 rings (SSSR count). The van der Waals surface area contributed by atoms with Crippen LogP contribution >= 0.6 is 0 Å². The predicted molar refractivity (Wildman–Crippen MR) is 93.8 cm³/mol. The van der Waals surface area contributed by atoms with Gasteiger partial charge in [0, 0.05) is 18.7 Å². The van der Waals surface area contributed by atoms with Gasteiger partial charge in [-0.1, -0.05) is 23.9 Å². The molecule has 0 aliphatic carbocycles. The van der Waals surface area contributed by atoms with Crippen molar-refractivity contribution in [1.29, 1.82) is 0 Å². The van der Waals surface area contributed by atoms with Crippen LogP contribution in [0.25, 0.3) is 11.1 Å². The summed E-state index contributed by atoms with van der Waals surface area (Å²) in [5.41, 5.74) is 1.60. The molecule has 0 unspecified atom stereocenters. The largest absolute Gasteiger partial charge is 0.493 e. The number of ether oxygens (including phenoxy) is 2. The lowest BCUT2D eigenvalue weighted by molar-refractivity contribution is 0.171. The zero-order valence-corrected chi connectivity index (χ0v) is 14.1. The van der Waals surface area contributed by atoms with Crippen LogP contribution in [-0.4, -0.2) is 36.5 Å². The number of hydrogen-bond donors (Lipinski definition) is 1. The molecule has 1 aromatic rings. The molecule has 0 amide bonds. The van der Waals surface area contributed by atoms with Gasteiger partial charge in [-0.05, 0) is 38.3 Å². The fourth-order valence-electron chi connectivity index (χ4n) is 2.10. The molecular formula is C18H23N3O3. The number of dihydropyridines is 1. The molecule has 6 heteroatoms. The number of rotatable bonds is 9. The Labute approximate surface area is 142 Å². The summed E-state index contributed by atoms with van der Waals surface area (Å²) < 4.78 is 16.5. The van der Waals surface area contributed by atoms with Gasteiger partial charge in [-0.15, -0.1) is 0 Å². The van der Waals surface area contributed by atoms with E-state index in [-0.39, 0.29) is 0 Å². The molecule has 0 fully saturated rings. The number of nitrogens with one attached hydrogen (secondary N) is 1. The molecule has 0 aromatic carbocycles. The second kappa shape index (κ2) is 9.52.